The predicted octanol–water partition coefficient (Wildman–Crippen LogP) is 4.06. The zero-order chi connectivity index (χ0) is 16.7. The van der Waals surface area contributed by atoms with Gasteiger partial charge in [-0.05, 0) is 24.8 Å². The lowest BCUT2D eigenvalue weighted by atomic mass is 9.95. The van der Waals surface area contributed by atoms with Gasteiger partial charge in [0.15, 0.2) is 0 Å². The summed E-state index contributed by atoms with van der Waals surface area (Å²) < 4.78 is 0. The zero-order valence-corrected chi connectivity index (χ0v) is 15.1. The van der Waals surface area contributed by atoms with Gasteiger partial charge in [0.1, 0.15) is 0 Å². The lowest BCUT2D eigenvalue weighted by molar-refractivity contribution is -0.130. The maximum Gasteiger partial charge on any atom is 0.220 e. The van der Waals surface area contributed by atoms with Gasteiger partial charge in [-0.1, -0.05) is 68.7 Å². The Balaban J connectivity index is 2.04. The van der Waals surface area contributed by atoms with Crippen LogP contribution in [0.3, 0.4) is 0 Å². The molecule has 3 nitrogen and oxygen atoms in total. The average molecular weight is 333 g/mol. The largest absolute Gasteiger partial charge is 0.375 e. The van der Waals surface area contributed by atoms with Gasteiger partial charge in [-0.15, -0.1) is 0 Å². The fraction of sp³-hybridized carbons (Fsp3) is 0.579. The molecule has 1 aliphatic carbocycles. The lowest BCUT2D eigenvalue weighted by Crippen LogP contribution is -2.50. The van der Waals surface area contributed by atoms with Crippen molar-refractivity contribution >= 4 is 23.1 Å². The van der Waals surface area contributed by atoms with Crippen molar-refractivity contribution in [2.24, 2.45) is 0 Å². The third kappa shape index (κ3) is 5.31. The molecule has 0 bridgehead atoms. The normalized spacial score (nSPS) is 16.6. The highest BCUT2D eigenvalue weighted by molar-refractivity contribution is 7.80. The van der Waals surface area contributed by atoms with Gasteiger partial charge in [-0.3, -0.25) is 4.79 Å². The van der Waals surface area contributed by atoms with Crippen molar-refractivity contribution in [3.05, 3.63) is 35.9 Å². The van der Waals surface area contributed by atoms with E-state index in [1.807, 2.05) is 23.1 Å². The molecule has 1 N–H and O–H groups in total. The second kappa shape index (κ2) is 9.02. The van der Waals surface area contributed by atoms with E-state index < -0.39 is 0 Å². The smallest absolute Gasteiger partial charge is 0.220 e. The van der Waals surface area contributed by atoms with Crippen molar-refractivity contribution in [1.82, 2.24) is 10.2 Å². The number of hydrogen-bond acceptors (Lipinski definition) is 2. The van der Waals surface area contributed by atoms with E-state index in [1.54, 1.807) is 6.92 Å². The fourth-order valence-corrected chi connectivity index (χ4v) is 3.77. The number of thiocarbonyl (C=S) groups is 1. The Kier molecular flexibility index (Phi) is 7.03. The van der Waals surface area contributed by atoms with Gasteiger partial charge in [0.2, 0.25) is 5.91 Å². The van der Waals surface area contributed by atoms with Gasteiger partial charge >= 0.3 is 0 Å². The highest BCUT2D eigenvalue weighted by Gasteiger charge is 2.25. The van der Waals surface area contributed by atoms with E-state index in [-0.39, 0.29) is 11.9 Å². The number of benzene rings is 1. The molecule has 0 aromatic heterocycles. The van der Waals surface area contributed by atoms with Crippen LogP contribution in [0.5, 0.6) is 0 Å². The van der Waals surface area contributed by atoms with E-state index in [0.717, 1.165) is 17.0 Å². The molecule has 1 aromatic carbocycles. The van der Waals surface area contributed by atoms with E-state index in [2.05, 4.69) is 24.4 Å². The average Bonchev–Trinajstić information content (AvgIpc) is 2.56. The topological polar surface area (TPSA) is 32.3 Å². The van der Waals surface area contributed by atoms with Crippen molar-refractivity contribution in [2.75, 3.05) is 0 Å². The summed E-state index contributed by atoms with van der Waals surface area (Å²) in [5.41, 5.74) is 1.14. The van der Waals surface area contributed by atoms with Crippen LogP contribution >= 0.6 is 12.2 Å². The van der Waals surface area contributed by atoms with Crippen molar-refractivity contribution in [1.29, 1.82) is 0 Å². The molecule has 0 radical (unpaired) electrons. The summed E-state index contributed by atoms with van der Waals surface area (Å²) in [5.74, 6) is 0.0773. The van der Waals surface area contributed by atoms with Crippen LogP contribution in [0.4, 0.5) is 0 Å². The third-order valence-electron chi connectivity index (χ3n) is 4.62. The van der Waals surface area contributed by atoms with Crippen molar-refractivity contribution in [3.8, 4) is 0 Å². The quantitative estimate of drug-likeness (QED) is 0.797. The zero-order valence-electron chi connectivity index (χ0n) is 14.3. The minimum atomic E-state index is -0.0235. The second-order valence-corrected chi connectivity index (χ2v) is 6.84. The molecule has 0 saturated heterocycles. The van der Waals surface area contributed by atoms with Crippen LogP contribution < -0.4 is 5.32 Å². The number of nitrogens with zero attached hydrogens (tertiary/aromatic N) is 1. The first-order valence-electron chi connectivity index (χ1n) is 8.73. The van der Waals surface area contributed by atoms with E-state index in [1.165, 1.54) is 32.1 Å². The molecule has 1 aliphatic rings. The highest BCUT2D eigenvalue weighted by atomic mass is 32.1. The van der Waals surface area contributed by atoms with Crippen LogP contribution in [0, 0.1) is 0 Å². The van der Waals surface area contributed by atoms with Crippen LogP contribution in [0.15, 0.2) is 30.3 Å². The van der Waals surface area contributed by atoms with E-state index in [9.17, 15) is 4.79 Å². The summed E-state index contributed by atoms with van der Waals surface area (Å²) in [6.07, 6.45) is 7.10. The van der Waals surface area contributed by atoms with Crippen LogP contribution in [0.1, 0.15) is 57.9 Å². The lowest BCUT2D eigenvalue weighted by Gasteiger charge is -2.34. The van der Waals surface area contributed by atoms with Gasteiger partial charge in [0.05, 0.1) is 11.0 Å². The standard InChI is InChI=1S/C19H28N2OS/c1-3-18(19(23)20-17-12-8-5-9-13-17)21(15(2)22)14-16-10-6-4-7-11-16/h4,6-7,10-11,17-18H,3,5,8-9,12-14H2,1-2H3,(H,20,23)/t18-/m1/s1. The molecule has 23 heavy (non-hydrogen) atoms. The Morgan fingerprint density at radius 1 is 1.26 bits per heavy atom. The number of carbonyl (C=O) groups is 1. The molecular formula is C19H28N2OS. The molecule has 1 fully saturated rings. The van der Waals surface area contributed by atoms with Crippen LogP contribution in [0.25, 0.3) is 0 Å². The predicted molar refractivity (Wildman–Crippen MR) is 99.4 cm³/mol. The minimum Gasteiger partial charge on any atom is -0.375 e. The molecule has 0 heterocycles. The van der Waals surface area contributed by atoms with Gasteiger partial charge < -0.3 is 10.2 Å². The van der Waals surface area contributed by atoms with E-state index in [0.29, 0.717) is 12.6 Å². The molecule has 1 saturated carbocycles. The monoisotopic (exact) mass is 332 g/mol. The summed E-state index contributed by atoms with van der Waals surface area (Å²) in [6.45, 7) is 4.34. The molecule has 4 heteroatoms. The second-order valence-electron chi connectivity index (χ2n) is 6.40. The number of carbonyl (C=O) groups excluding carboxylic acids is 1. The van der Waals surface area contributed by atoms with Crippen molar-refractivity contribution in [2.45, 2.75) is 71.0 Å². The summed E-state index contributed by atoms with van der Waals surface area (Å²) in [7, 11) is 0. The minimum absolute atomic E-state index is 0.0235. The Labute approximate surface area is 145 Å². The van der Waals surface area contributed by atoms with Gasteiger partial charge in [-0.2, -0.15) is 0 Å². The molecule has 1 atom stereocenters. The Bertz CT molecular complexity index is 511. The number of amides is 1. The van der Waals surface area contributed by atoms with E-state index in [4.69, 9.17) is 12.2 Å². The molecule has 126 valence electrons. The molecule has 0 unspecified atom stereocenters. The number of rotatable bonds is 6. The van der Waals surface area contributed by atoms with Gasteiger partial charge in [0.25, 0.3) is 0 Å². The van der Waals surface area contributed by atoms with Crippen LogP contribution in [-0.2, 0) is 11.3 Å². The van der Waals surface area contributed by atoms with Crippen LogP contribution in [0.2, 0.25) is 0 Å². The molecule has 0 aliphatic heterocycles. The first-order valence-corrected chi connectivity index (χ1v) is 9.14. The third-order valence-corrected chi connectivity index (χ3v) is 5.01. The Hall–Kier alpha value is -1.42. The Morgan fingerprint density at radius 2 is 1.91 bits per heavy atom. The first-order chi connectivity index (χ1) is 11.1. The number of hydrogen-bond donors (Lipinski definition) is 1. The summed E-state index contributed by atoms with van der Waals surface area (Å²) >= 11 is 5.66. The molecule has 0 spiro atoms. The Morgan fingerprint density at radius 3 is 2.48 bits per heavy atom. The van der Waals surface area contributed by atoms with Crippen molar-refractivity contribution < 1.29 is 4.79 Å². The molecule has 1 aromatic rings. The highest BCUT2D eigenvalue weighted by Crippen LogP contribution is 2.19. The van der Waals surface area contributed by atoms with Crippen LogP contribution in [-0.4, -0.2) is 27.9 Å². The molecule has 2 rings (SSSR count). The summed E-state index contributed by atoms with van der Waals surface area (Å²) in [4.78, 5) is 14.9. The first kappa shape index (κ1) is 17.9. The van der Waals surface area contributed by atoms with Crippen molar-refractivity contribution in [3.63, 3.8) is 0 Å². The van der Waals surface area contributed by atoms with Gasteiger partial charge in [0, 0.05) is 19.5 Å². The summed E-state index contributed by atoms with van der Waals surface area (Å²) in [6, 6.07) is 10.6. The van der Waals surface area contributed by atoms with Gasteiger partial charge in [-0.25, -0.2) is 0 Å². The molecule has 1 amide bonds. The molecular weight excluding hydrogens is 304 g/mol. The SMILES string of the molecule is CC[C@H](C(=S)NC1CCCCC1)N(Cc1ccccc1)C(C)=O. The summed E-state index contributed by atoms with van der Waals surface area (Å²) in [5, 5.41) is 3.53. The number of nitrogens with one attached hydrogen (secondary N) is 1. The maximum atomic E-state index is 12.2. The maximum absolute atomic E-state index is 12.2. The van der Waals surface area contributed by atoms with E-state index >= 15 is 0 Å². The fourth-order valence-electron chi connectivity index (χ4n) is 3.31.